The van der Waals surface area contributed by atoms with E-state index in [1.54, 1.807) is 20.8 Å². The molecule has 1 aliphatic rings. The molecule has 10 heteroatoms. The van der Waals surface area contributed by atoms with Crippen molar-refractivity contribution in [1.82, 2.24) is 0 Å². The summed E-state index contributed by atoms with van der Waals surface area (Å²) >= 11 is 0. The Balaban J connectivity index is 0. The van der Waals surface area contributed by atoms with Crippen LogP contribution in [0.25, 0.3) is 0 Å². The van der Waals surface area contributed by atoms with Gasteiger partial charge in [0.1, 0.15) is 0 Å². The molecule has 1 rings (SSSR count). The Labute approximate surface area is 171 Å². The van der Waals surface area contributed by atoms with Gasteiger partial charge in [-0.3, -0.25) is 0 Å². The maximum Gasteiger partial charge on any atom is 0.640 e. The molecule has 168 valence electrons. The van der Waals surface area contributed by atoms with Crippen molar-refractivity contribution in [1.29, 1.82) is 0 Å². The molecule has 0 aromatic rings. The number of rotatable bonds is 5. The summed E-state index contributed by atoms with van der Waals surface area (Å²) in [6.45, 7) is 21.0. The average molecular weight is 408 g/mol. The first-order chi connectivity index (χ1) is 12.1. The van der Waals surface area contributed by atoms with Crippen molar-refractivity contribution in [2.75, 3.05) is 0 Å². The van der Waals surface area contributed by atoms with Crippen LogP contribution < -0.4 is 0 Å². The lowest BCUT2D eigenvalue weighted by Crippen LogP contribution is -2.48. The third kappa shape index (κ3) is 11.7. The fourth-order valence-electron chi connectivity index (χ4n) is 2.11. The molecule has 0 aliphatic carbocycles. The van der Waals surface area contributed by atoms with E-state index >= 15 is 0 Å². The third-order valence-corrected chi connectivity index (χ3v) is 4.74. The highest BCUT2D eigenvalue weighted by Gasteiger charge is 2.53. The standard InChI is InChI=1S/C9H19BO3.C9H20O2.BH3O3/c1-7(2)11-10-12-8(3,4)9(5,6)13-10;1-7(2)6-9(5,11)8(3,4)10;2-1(3)4/h7H,1-6H3;7,10-11H,6H2,1-5H3;2-4H. The third-order valence-electron chi connectivity index (χ3n) is 4.74. The molecule has 5 N–H and O–H groups in total. The van der Waals surface area contributed by atoms with Gasteiger partial charge in [0, 0.05) is 6.10 Å². The Bertz CT molecular complexity index is 413. The van der Waals surface area contributed by atoms with E-state index in [2.05, 4.69) is 0 Å². The second kappa shape index (κ2) is 11.3. The van der Waals surface area contributed by atoms with Gasteiger partial charge in [0.05, 0.1) is 22.4 Å². The molecule has 1 atom stereocenters. The first-order valence-electron chi connectivity index (χ1n) is 9.64. The quantitative estimate of drug-likeness (QED) is 0.433. The van der Waals surface area contributed by atoms with Crippen molar-refractivity contribution in [2.45, 2.75) is 111 Å². The Kier molecular flexibility index (Phi) is 12.1. The lowest BCUT2D eigenvalue weighted by atomic mass is 9.81. The molecule has 0 spiro atoms. The smallest absolute Gasteiger partial charge is 0.402 e. The zero-order valence-corrected chi connectivity index (χ0v) is 19.5. The fourth-order valence-corrected chi connectivity index (χ4v) is 2.11. The highest BCUT2D eigenvalue weighted by atomic mass is 16.8. The van der Waals surface area contributed by atoms with E-state index in [-0.39, 0.29) is 17.3 Å². The Morgan fingerprint density at radius 2 is 1.21 bits per heavy atom. The number of hydrogen-bond donors (Lipinski definition) is 5. The van der Waals surface area contributed by atoms with E-state index in [0.717, 1.165) is 0 Å². The lowest BCUT2D eigenvalue weighted by molar-refractivity contribution is -0.129. The van der Waals surface area contributed by atoms with E-state index in [4.69, 9.17) is 29.0 Å². The van der Waals surface area contributed by atoms with E-state index in [1.165, 1.54) is 0 Å². The second-order valence-electron chi connectivity index (χ2n) is 9.51. The van der Waals surface area contributed by atoms with Crippen molar-refractivity contribution in [3.8, 4) is 0 Å². The van der Waals surface area contributed by atoms with Gasteiger partial charge in [-0.2, -0.15) is 0 Å². The van der Waals surface area contributed by atoms with Gasteiger partial charge in [-0.05, 0) is 74.7 Å². The van der Waals surface area contributed by atoms with Crippen LogP contribution in [0.3, 0.4) is 0 Å². The van der Waals surface area contributed by atoms with Crippen LogP contribution >= 0.6 is 0 Å². The Morgan fingerprint density at radius 1 is 0.893 bits per heavy atom. The summed E-state index contributed by atoms with van der Waals surface area (Å²) in [5, 5.41) is 40.8. The highest BCUT2D eigenvalue weighted by Crippen LogP contribution is 2.37. The second-order valence-corrected chi connectivity index (χ2v) is 9.51. The maximum absolute atomic E-state index is 9.77. The average Bonchev–Trinajstić information content (AvgIpc) is 2.52. The highest BCUT2D eigenvalue weighted by molar-refractivity contribution is 6.37. The topological polar surface area (TPSA) is 129 Å². The minimum atomic E-state index is -2.17. The van der Waals surface area contributed by atoms with E-state index in [1.807, 2.05) is 55.4 Å². The first-order valence-corrected chi connectivity index (χ1v) is 9.64. The molecule has 1 aliphatic heterocycles. The SMILES string of the molecule is CC(C)CC(C)(O)C(C)(C)O.CC(C)OB1OC(C)(C)C(C)(C)O1.OB(O)O. The van der Waals surface area contributed by atoms with Crippen molar-refractivity contribution >= 4 is 14.6 Å². The molecule has 0 saturated carbocycles. The predicted molar refractivity (Wildman–Crippen MR) is 111 cm³/mol. The van der Waals surface area contributed by atoms with Crippen molar-refractivity contribution < 1.29 is 39.2 Å². The van der Waals surface area contributed by atoms with Crippen LogP contribution in [0.4, 0.5) is 0 Å². The lowest BCUT2D eigenvalue weighted by Gasteiger charge is -2.36. The van der Waals surface area contributed by atoms with Gasteiger partial charge in [0.2, 0.25) is 0 Å². The van der Waals surface area contributed by atoms with Gasteiger partial charge < -0.3 is 39.2 Å². The minimum absolute atomic E-state index is 0.120. The fraction of sp³-hybridized carbons (Fsp3) is 1.00. The van der Waals surface area contributed by atoms with Gasteiger partial charge >= 0.3 is 14.6 Å². The summed E-state index contributed by atoms with van der Waals surface area (Å²) in [5.41, 5.74) is -2.60. The maximum atomic E-state index is 9.77. The molecular weight excluding hydrogens is 366 g/mol. The van der Waals surface area contributed by atoms with Gasteiger partial charge in [0.25, 0.3) is 0 Å². The predicted octanol–water partition coefficient (Wildman–Crippen LogP) is 1.50. The zero-order chi connectivity index (χ0) is 23.1. The van der Waals surface area contributed by atoms with Crippen LogP contribution in [0.2, 0.25) is 0 Å². The van der Waals surface area contributed by atoms with Crippen LogP contribution in [-0.2, 0) is 14.0 Å². The van der Waals surface area contributed by atoms with Crippen molar-refractivity contribution in [3.05, 3.63) is 0 Å². The molecule has 1 heterocycles. The number of hydrogen-bond acceptors (Lipinski definition) is 8. The largest absolute Gasteiger partial charge is 0.640 e. The molecule has 0 aromatic heterocycles. The van der Waals surface area contributed by atoms with Gasteiger partial charge in [-0.1, -0.05) is 13.8 Å². The summed E-state index contributed by atoms with van der Waals surface area (Å²) in [4.78, 5) is 0. The molecule has 0 radical (unpaired) electrons. The van der Waals surface area contributed by atoms with Crippen molar-refractivity contribution in [2.24, 2.45) is 5.92 Å². The monoisotopic (exact) mass is 408 g/mol. The zero-order valence-electron chi connectivity index (χ0n) is 19.5. The van der Waals surface area contributed by atoms with E-state index < -0.39 is 25.8 Å². The van der Waals surface area contributed by atoms with Crippen LogP contribution in [0, 0.1) is 5.92 Å². The Morgan fingerprint density at radius 3 is 1.39 bits per heavy atom. The minimum Gasteiger partial charge on any atom is -0.402 e. The van der Waals surface area contributed by atoms with Crippen LogP contribution in [0.1, 0.15) is 82.6 Å². The van der Waals surface area contributed by atoms with Gasteiger partial charge in [-0.25, -0.2) is 0 Å². The van der Waals surface area contributed by atoms with Gasteiger partial charge in [0.15, 0.2) is 0 Å². The van der Waals surface area contributed by atoms with E-state index in [9.17, 15) is 10.2 Å². The molecular formula is C18H42B2O8. The molecule has 0 bridgehead atoms. The van der Waals surface area contributed by atoms with Gasteiger partial charge in [-0.15, -0.1) is 0 Å². The molecule has 1 fully saturated rings. The molecule has 0 amide bonds. The first kappa shape index (κ1) is 30.0. The normalized spacial score (nSPS) is 20.1. The summed E-state index contributed by atoms with van der Waals surface area (Å²) in [5.74, 6) is 0.399. The molecule has 28 heavy (non-hydrogen) atoms. The summed E-state index contributed by atoms with van der Waals surface area (Å²) in [7, 11) is -2.69. The summed E-state index contributed by atoms with van der Waals surface area (Å²) < 4.78 is 16.7. The molecule has 1 saturated heterocycles. The molecule has 8 nitrogen and oxygen atoms in total. The molecule has 1 unspecified atom stereocenters. The van der Waals surface area contributed by atoms with Crippen LogP contribution in [0.15, 0.2) is 0 Å². The van der Waals surface area contributed by atoms with Crippen molar-refractivity contribution in [3.63, 3.8) is 0 Å². The molecule has 0 aromatic carbocycles. The summed E-state index contributed by atoms with van der Waals surface area (Å²) in [6, 6.07) is 0. The van der Waals surface area contributed by atoms with Crippen LogP contribution in [0.5, 0.6) is 0 Å². The number of aliphatic hydroxyl groups is 2. The Hall–Kier alpha value is -0.190. The van der Waals surface area contributed by atoms with E-state index in [0.29, 0.717) is 12.3 Å². The summed E-state index contributed by atoms with van der Waals surface area (Å²) in [6.07, 6.45) is 0.742. The van der Waals surface area contributed by atoms with Crippen LogP contribution in [-0.4, -0.2) is 68.4 Å².